The molecule has 0 fully saturated rings. The van der Waals surface area contributed by atoms with E-state index in [1.54, 1.807) is 13.8 Å². The van der Waals surface area contributed by atoms with Crippen molar-refractivity contribution in [2.75, 3.05) is 11.9 Å². The van der Waals surface area contributed by atoms with Crippen molar-refractivity contribution in [3.05, 3.63) is 40.4 Å². The van der Waals surface area contributed by atoms with Crippen LogP contribution in [-0.2, 0) is 23.0 Å². The molecule has 1 aromatic carbocycles. The predicted octanol–water partition coefficient (Wildman–Crippen LogP) is 3.39. The molecule has 1 aliphatic heterocycles. The summed E-state index contributed by atoms with van der Waals surface area (Å²) in [4.78, 5) is 17.4. The van der Waals surface area contributed by atoms with Crippen LogP contribution >= 0.6 is 11.3 Å². The van der Waals surface area contributed by atoms with Gasteiger partial charge in [-0.15, -0.1) is 24.5 Å². The highest BCUT2D eigenvalue weighted by atomic mass is 32.2. The number of hydrogen-bond acceptors (Lipinski definition) is 6. The first kappa shape index (κ1) is 21.5. The molecule has 1 amide bonds. The third kappa shape index (κ3) is 5.06. The van der Waals surface area contributed by atoms with Crippen LogP contribution in [0.15, 0.2) is 24.3 Å². The van der Waals surface area contributed by atoms with E-state index in [2.05, 4.69) is 15.0 Å². The van der Waals surface area contributed by atoms with Gasteiger partial charge in [-0.25, -0.2) is 13.4 Å². The van der Waals surface area contributed by atoms with Crippen molar-refractivity contribution in [1.29, 1.82) is 0 Å². The molecule has 1 aromatic heterocycles. The average molecular weight is 449 g/mol. The normalized spacial score (nSPS) is 15.2. The second-order valence-electron chi connectivity index (χ2n) is 6.59. The second kappa shape index (κ2) is 7.92. The number of hydrogen-bond donors (Lipinski definition) is 1. The number of thiazole rings is 1. The lowest BCUT2D eigenvalue weighted by atomic mass is 10.2. The van der Waals surface area contributed by atoms with E-state index >= 15 is 0 Å². The molecule has 3 rings (SSSR count). The Labute approximate surface area is 169 Å². The molecular weight excluding hydrogens is 431 g/mol. The molecule has 0 spiro atoms. The Morgan fingerprint density at radius 2 is 1.93 bits per heavy atom. The van der Waals surface area contributed by atoms with Gasteiger partial charge in [0, 0.05) is 30.0 Å². The van der Waals surface area contributed by atoms with Crippen molar-refractivity contribution in [3.63, 3.8) is 0 Å². The van der Waals surface area contributed by atoms with Crippen LogP contribution in [0.2, 0.25) is 0 Å². The molecule has 158 valence electrons. The number of alkyl halides is 3. The van der Waals surface area contributed by atoms with Gasteiger partial charge in [0.2, 0.25) is 10.0 Å². The molecule has 0 unspecified atom stereocenters. The molecule has 29 heavy (non-hydrogen) atoms. The van der Waals surface area contributed by atoms with E-state index in [4.69, 9.17) is 0 Å². The highest BCUT2D eigenvalue weighted by molar-refractivity contribution is 7.89. The van der Waals surface area contributed by atoms with Gasteiger partial charge in [0.1, 0.15) is 5.75 Å². The number of nitrogens with zero attached hydrogens (tertiary/aromatic N) is 2. The molecule has 0 aliphatic carbocycles. The van der Waals surface area contributed by atoms with E-state index in [0.717, 1.165) is 22.7 Å². The van der Waals surface area contributed by atoms with Gasteiger partial charge in [0.15, 0.2) is 5.13 Å². The van der Waals surface area contributed by atoms with Crippen molar-refractivity contribution >= 4 is 32.4 Å². The molecule has 1 N–H and O–H groups in total. The number of carbonyl (C=O) groups excluding carboxylic acids is 1. The Hall–Kier alpha value is -2.18. The van der Waals surface area contributed by atoms with Gasteiger partial charge in [-0.05, 0) is 38.1 Å². The fourth-order valence-electron chi connectivity index (χ4n) is 2.72. The average Bonchev–Trinajstić information content (AvgIpc) is 3.02. The Kier molecular flexibility index (Phi) is 5.88. The minimum Gasteiger partial charge on any atom is -0.406 e. The first-order valence-corrected chi connectivity index (χ1v) is 10.9. The number of aromatic nitrogens is 1. The van der Waals surface area contributed by atoms with Crippen molar-refractivity contribution in [2.45, 2.75) is 38.4 Å². The lowest BCUT2D eigenvalue weighted by molar-refractivity contribution is -0.274. The zero-order valence-electron chi connectivity index (χ0n) is 15.5. The van der Waals surface area contributed by atoms with E-state index in [1.807, 2.05) is 0 Å². The molecule has 0 radical (unpaired) electrons. The molecule has 0 atom stereocenters. The Balaban J connectivity index is 1.68. The summed E-state index contributed by atoms with van der Waals surface area (Å²) in [6.45, 7) is 3.76. The smallest absolute Gasteiger partial charge is 0.406 e. The molecule has 1 aliphatic rings. The maximum Gasteiger partial charge on any atom is 0.573 e. The Bertz CT molecular complexity index is 1000. The fourth-order valence-corrected chi connectivity index (χ4v) is 5.07. The van der Waals surface area contributed by atoms with Gasteiger partial charge >= 0.3 is 6.36 Å². The number of halogens is 3. The van der Waals surface area contributed by atoms with Gasteiger partial charge in [-0.3, -0.25) is 10.1 Å². The summed E-state index contributed by atoms with van der Waals surface area (Å²) in [6, 6.07) is 4.51. The second-order valence-corrected chi connectivity index (χ2v) is 10.2. The number of benzene rings is 1. The standard InChI is InChI=1S/C17H18F3N3O4S2/c1-10(2)29(25,26)23-8-7-13-14(9-23)28-16(21-13)22-15(24)11-3-5-12(6-4-11)27-17(18,19)20/h3-6,10H,7-9H2,1-2H3,(H,21,22,24). The SMILES string of the molecule is CC(C)S(=O)(=O)N1CCc2nc(NC(=O)c3ccc(OC(F)(F)F)cc3)sc2C1. The maximum absolute atomic E-state index is 12.3. The van der Waals surface area contributed by atoms with E-state index in [-0.39, 0.29) is 12.1 Å². The Morgan fingerprint density at radius 1 is 1.28 bits per heavy atom. The summed E-state index contributed by atoms with van der Waals surface area (Å²) < 4.78 is 66.4. The minimum absolute atomic E-state index is 0.136. The zero-order valence-corrected chi connectivity index (χ0v) is 17.1. The largest absolute Gasteiger partial charge is 0.573 e. The number of carbonyl (C=O) groups is 1. The van der Waals surface area contributed by atoms with E-state index < -0.39 is 33.3 Å². The van der Waals surface area contributed by atoms with Crippen LogP contribution in [0.25, 0.3) is 0 Å². The lowest BCUT2D eigenvalue weighted by Crippen LogP contribution is -2.39. The summed E-state index contributed by atoms with van der Waals surface area (Å²) in [5.41, 5.74) is 0.867. The van der Waals surface area contributed by atoms with Gasteiger partial charge in [0.25, 0.3) is 5.91 Å². The predicted molar refractivity (Wildman–Crippen MR) is 101 cm³/mol. The summed E-state index contributed by atoms with van der Waals surface area (Å²) in [5, 5.41) is 2.37. The van der Waals surface area contributed by atoms with Crippen LogP contribution in [0.1, 0.15) is 34.8 Å². The first-order valence-electron chi connectivity index (χ1n) is 8.60. The number of sulfonamides is 1. The first-order chi connectivity index (χ1) is 13.5. The van der Waals surface area contributed by atoms with Gasteiger partial charge < -0.3 is 4.74 Å². The molecule has 2 aromatic rings. The fraction of sp³-hybridized carbons (Fsp3) is 0.412. The highest BCUT2D eigenvalue weighted by Gasteiger charge is 2.32. The van der Waals surface area contributed by atoms with Gasteiger partial charge in [-0.2, -0.15) is 4.31 Å². The van der Waals surface area contributed by atoms with Crippen LogP contribution in [0.5, 0.6) is 5.75 Å². The minimum atomic E-state index is -4.80. The van der Waals surface area contributed by atoms with Crippen molar-refractivity contribution < 1.29 is 31.1 Å². The van der Waals surface area contributed by atoms with Gasteiger partial charge in [0.05, 0.1) is 10.9 Å². The molecular formula is C17H18F3N3O4S2. The third-order valence-electron chi connectivity index (χ3n) is 4.22. The third-order valence-corrected chi connectivity index (χ3v) is 7.44. The summed E-state index contributed by atoms with van der Waals surface area (Å²) in [6.07, 6.45) is -4.36. The highest BCUT2D eigenvalue weighted by Crippen LogP contribution is 2.30. The summed E-state index contributed by atoms with van der Waals surface area (Å²) >= 11 is 1.18. The van der Waals surface area contributed by atoms with Crippen LogP contribution in [0, 0.1) is 0 Å². The number of amides is 1. The monoisotopic (exact) mass is 449 g/mol. The van der Waals surface area contributed by atoms with Crippen LogP contribution in [-0.4, -0.2) is 41.8 Å². The lowest BCUT2D eigenvalue weighted by Gasteiger charge is -2.26. The van der Waals surface area contributed by atoms with Crippen LogP contribution in [0.3, 0.4) is 0 Å². The van der Waals surface area contributed by atoms with Gasteiger partial charge in [-0.1, -0.05) is 0 Å². The zero-order chi connectivity index (χ0) is 21.4. The number of ether oxygens (including phenoxy) is 1. The molecule has 2 heterocycles. The Morgan fingerprint density at radius 3 is 2.52 bits per heavy atom. The number of anilines is 1. The van der Waals surface area contributed by atoms with Crippen LogP contribution < -0.4 is 10.1 Å². The van der Waals surface area contributed by atoms with Crippen molar-refractivity contribution in [3.8, 4) is 5.75 Å². The molecule has 0 saturated carbocycles. The van der Waals surface area contributed by atoms with E-state index in [0.29, 0.717) is 18.1 Å². The molecule has 7 nitrogen and oxygen atoms in total. The van der Waals surface area contributed by atoms with Crippen molar-refractivity contribution in [2.24, 2.45) is 0 Å². The number of rotatable bonds is 5. The van der Waals surface area contributed by atoms with E-state index in [9.17, 15) is 26.4 Å². The maximum atomic E-state index is 12.3. The topological polar surface area (TPSA) is 88.6 Å². The molecule has 0 bridgehead atoms. The summed E-state index contributed by atoms with van der Waals surface area (Å²) in [5.74, 6) is -0.966. The van der Waals surface area contributed by atoms with E-state index in [1.165, 1.54) is 27.8 Å². The summed E-state index contributed by atoms with van der Waals surface area (Å²) in [7, 11) is -3.38. The van der Waals surface area contributed by atoms with Crippen LogP contribution in [0.4, 0.5) is 18.3 Å². The molecule has 12 heteroatoms. The quantitative estimate of drug-likeness (QED) is 0.756. The number of nitrogens with one attached hydrogen (secondary N) is 1. The van der Waals surface area contributed by atoms with Crippen molar-refractivity contribution in [1.82, 2.24) is 9.29 Å². The number of fused-ring (bicyclic) bond motifs is 1. The molecule has 0 saturated heterocycles.